The molecule has 28 heavy (non-hydrogen) atoms. The van der Waals surface area contributed by atoms with Crippen LogP contribution < -0.4 is 16.4 Å². The summed E-state index contributed by atoms with van der Waals surface area (Å²) in [5, 5.41) is 11.6. The summed E-state index contributed by atoms with van der Waals surface area (Å²) in [6, 6.07) is 6.75. The summed E-state index contributed by atoms with van der Waals surface area (Å²) >= 11 is 0. The molecule has 0 amide bonds. The Labute approximate surface area is 158 Å². The smallest absolute Gasteiger partial charge is 0.273 e. The summed E-state index contributed by atoms with van der Waals surface area (Å²) in [4.78, 5) is 33.7. The third kappa shape index (κ3) is 3.14. The van der Waals surface area contributed by atoms with Crippen molar-refractivity contribution < 1.29 is 4.74 Å². The zero-order valence-corrected chi connectivity index (χ0v) is 15.5. The van der Waals surface area contributed by atoms with Crippen molar-refractivity contribution >= 4 is 27.6 Å². The van der Waals surface area contributed by atoms with E-state index in [-0.39, 0.29) is 24.3 Å². The van der Waals surface area contributed by atoms with Crippen LogP contribution in [-0.2, 0) is 24.9 Å². The molecule has 3 aromatic heterocycles. The molecule has 10 nitrogen and oxygen atoms in total. The molecule has 0 atom stereocenters. The van der Waals surface area contributed by atoms with Gasteiger partial charge in [-0.15, -0.1) is 0 Å². The SMILES string of the molecule is COCc1nc(NCCn2[nH]c(=O)c3ccccc3c2=O)c2cnn(C)c2n1. The Kier molecular flexibility index (Phi) is 4.62. The third-order valence-corrected chi connectivity index (χ3v) is 4.42. The number of H-pyrrole nitrogens is 1. The first-order valence-corrected chi connectivity index (χ1v) is 8.72. The number of aromatic amines is 1. The molecule has 0 fully saturated rings. The van der Waals surface area contributed by atoms with Crippen molar-refractivity contribution in [3.8, 4) is 0 Å². The highest BCUT2D eigenvalue weighted by atomic mass is 16.5. The second-order valence-corrected chi connectivity index (χ2v) is 6.30. The Balaban J connectivity index is 1.61. The monoisotopic (exact) mass is 381 g/mol. The van der Waals surface area contributed by atoms with E-state index in [0.717, 1.165) is 5.39 Å². The van der Waals surface area contributed by atoms with Crippen LogP contribution in [0.2, 0.25) is 0 Å². The van der Waals surface area contributed by atoms with Gasteiger partial charge in [0.1, 0.15) is 12.4 Å². The minimum atomic E-state index is -0.297. The van der Waals surface area contributed by atoms with Crippen molar-refractivity contribution in [1.29, 1.82) is 0 Å². The van der Waals surface area contributed by atoms with E-state index in [1.165, 1.54) is 4.68 Å². The molecule has 0 bridgehead atoms. The lowest BCUT2D eigenvalue weighted by Gasteiger charge is -2.10. The molecule has 0 radical (unpaired) electrons. The van der Waals surface area contributed by atoms with Gasteiger partial charge >= 0.3 is 0 Å². The standard InChI is InChI=1S/C18H19N7O3/c1-24-16-13(9-20-24)15(21-14(22-16)10-28-2)19-7-8-25-18(27)12-6-4-3-5-11(12)17(26)23-25/h3-6,9H,7-8,10H2,1-2H3,(H,23,26)(H,19,21,22). The zero-order valence-electron chi connectivity index (χ0n) is 15.5. The molecule has 0 unspecified atom stereocenters. The van der Waals surface area contributed by atoms with Crippen LogP contribution in [0.15, 0.2) is 40.1 Å². The van der Waals surface area contributed by atoms with Crippen LogP contribution in [-0.4, -0.2) is 43.2 Å². The van der Waals surface area contributed by atoms with Crippen molar-refractivity contribution in [3.05, 3.63) is 57.0 Å². The molecule has 0 saturated heterocycles. The second kappa shape index (κ2) is 7.24. The van der Waals surface area contributed by atoms with Gasteiger partial charge in [-0.2, -0.15) is 5.10 Å². The van der Waals surface area contributed by atoms with Crippen LogP contribution in [0.25, 0.3) is 21.8 Å². The number of benzene rings is 1. The molecule has 0 aliphatic carbocycles. The summed E-state index contributed by atoms with van der Waals surface area (Å²) in [5.74, 6) is 1.12. The van der Waals surface area contributed by atoms with Crippen molar-refractivity contribution in [2.45, 2.75) is 13.2 Å². The van der Waals surface area contributed by atoms with Crippen LogP contribution in [0.5, 0.6) is 0 Å². The number of hydrogen-bond donors (Lipinski definition) is 2. The maximum atomic E-state index is 12.6. The van der Waals surface area contributed by atoms with E-state index in [9.17, 15) is 9.59 Å². The fourth-order valence-electron chi connectivity index (χ4n) is 3.09. The van der Waals surface area contributed by atoms with E-state index in [2.05, 4.69) is 25.5 Å². The number of nitrogens with zero attached hydrogens (tertiary/aromatic N) is 5. The number of nitrogens with one attached hydrogen (secondary N) is 2. The van der Waals surface area contributed by atoms with E-state index < -0.39 is 0 Å². The molecule has 2 N–H and O–H groups in total. The van der Waals surface area contributed by atoms with Crippen LogP contribution in [0.4, 0.5) is 5.82 Å². The predicted molar refractivity (Wildman–Crippen MR) is 104 cm³/mol. The first kappa shape index (κ1) is 17.9. The lowest BCUT2D eigenvalue weighted by Crippen LogP contribution is -2.32. The molecule has 0 saturated carbocycles. The quantitative estimate of drug-likeness (QED) is 0.502. The number of methoxy groups -OCH3 is 1. The van der Waals surface area contributed by atoms with Crippen molar-refractivity contribution in [2.24, 2.45) is 7.05 Å². The Morgan fingerprint density at radius 3 is 2.71 bits per heavy atom. The van der Waals surface area contributed by atoms with Crippen LogP contribution in [0.1, 0.15) is 5.82 Å². The normalized spacial score (nSPS) is 11.4. The van der Waals surface area contributed by atoms with Gasteiger partial charge in [0.2, 0.25) is 0 Å². The number of hydrogen-bond acceptors (Lipinski definition) is 7. The summed E-state index contributed by atoms with van der Waals surface area (Å²) in [6.07, 6.45) is 1.68. The molecule has 4 rings (SSSR count). The van der Waals surface area contributed by atoms with E-state index in [1.807, 2.05) is 0 Å². The maximum Gasteiger partial charge on any atom is 0.273 e. The number of anilines is 1. The summed E-state index contributed by atoms with van der Waals surface area (Å²) in [7, 11) is 3.38. The molecule has 1 aromatic carbocycles. The van der Waals surface area contributed by atoms with E-state index in [4.69, 9.17) is 4.74 Å². The largest absolute Gasteiger partial charge is 0.377 e. The first-order valence-electron chi connectivity index (χ1n) is 8.72. The fourth-order valence-corrected chi connectivity index (χ4v) is 3.09. The molecule has 10 heteroatoms. The molecule has 3 heterocycles. The molecule has 0 aliphatic rings. The highest BCUT2D eigenvalue weighted by Crippen LogP contribution is 2.19. The minimum absolute atomic E-state index is 0.244. The van der Waals surface area contributed by atoms with Crippen molar-refractivity contribution in [3.63, 3.8) is 0 Å². The maximum absolute atomic E-state index is 12.6. The Bertz CT molecular complexity index is 1270. The number of rotatable bonds is 6. The van der Waals surface area contributed by atoms with Gasteiger partial charge in [-0.05, 0) is 12.1 Å². The second-order valence-electron chi connectivity index (χ2n) is 6.30. The minimum Gasteiger partial charge on any atom is -0.377 e. The molecule has 0 spiro atoms. The van der Waals surface area contributed by atoms with E-state index in [1.54, 1.807) is 49.3 Å². The number of ether oxygens (including phenoxy) is 1. The van der Waals surface area contributed by atoms with Gasteiger partial charge in [-0.1, -0.05) is 12.1 Å². The lowest BCUT2D eigenvalue weighted by atomic mass is 10.2. The molecule has 4 aromatic rings. The van der Waals surface area contributed by atoms with Gasteiger partial charge in [0.25, 0.3) is 11.1 Å². The van der Waals surface area contributed by atoms with Crippen molar-refractivity contribution in [2.75, 3.05) is 19.0 Å². The Morgan fingerprint density at radius 2 is 1.93 bits per heavy atom. The highest BCUT2D eigenvalue weighted by molar-refractivity contribution is 5.86. The highest BCUT2D eigenvalue weighted by Gasteiger charge is 2.12. The number of aromatic nitrogens is 6. The average Bonchev–Trinajstić information content (AvgIpc) is 3.07. The molecular weight excluding hydrogens is 362 g/mol. The van der Waals surface area contributed by atoms with Crippen molar-refractivity contribution in [1.82, 2.24) is 29.5 Å². The van der Waals surface area contributed by atoms with Crippen LogP contribution >= 0.6 is 0 Å². The van der Waals surface area contributed by atoms with Gasteiger partial charge in [0.05, 0.1) is 28.9 Å². The zero-order chi connectivity index (χ0) is 19.7. The summed E-state index contributed by atoms with van der Waals surface area (Å²) < 4.78 is 8.08. The summed E-state index contributed by atoms with van der Waals surface area (Å²) in [6.45, 7) is 0.916. The van der Waals surface area contributed by atoms with Gasteiger partial charge in [0, 0.05) is 20.7 Å². The van der Waals surface area contributed by atoms with Gasteiger partial charge in [-0.3, -0.25) is 19.4 Å². The van der Waals surface area contributed by atoms with Gasteiger partial charge < -0.3 is 10.1 Å². The van der Waals surface area contributed by atoms with Crippen LogP contribution in [0.3, 0.4) is 0 Å². The molecule has 144 valence electrons. The van der Waals surface area contributed by atoms with Crippen LogP contribution in [0, 0.1) is 0 Å². The number of aryl methyl sites for hydroxylation is 1. The Hall–Kier alpha value is -3.53. The van der Waals surface area contributed by atoms with E-state index in [0.29, 0.717) is 34.6 Å². The molecule has 0 aliphatic heterocycles. The topological polar surface area (TPSA) is 120 Å². The summed E-state index contributed by atoms with van der Waals surface area (Å²) in [5.41, 5.74) is 0.140. The average molecular weight is 381 g/mol. The third-order valence-electron chi connectivity index (χ3n) is 4.42. The van der Waals surface area contributed by atoms with Gasteiger partial charge in [-0.25, -0.2) is 14.6 Å². The fraction of sp³-hybridized carbons (Fsp3) is 0.278. The first-order chi connectivity index (χ1) is 13.6. The Morgan fingerprint density at radius 1 is 1.14 bits per heavy atom. The molecular formula is C18H19N7O3. The lowest BCUT2D eigenvalue weighted by molar-refractivity contribution is 0.178. The van der Waals surface area contributed by atoms with E-state index >= 15 is 0 Å². The van der Waals surface area contributed by atoms with Gasteiger partial charge in [0.15, 0.2) is 11.5 Å². The predicted octanol–water partition coefficient (Wildman–Crippen LogP) is 0.625. The number of fused-ring (bicyclic) bond motifs is 2.